The number of benzene rings is 2. The van der Waals surface area contributed by atoms with E-state index < -0.39 is 17.8 Å². The third-order valence-corrected chi connectivity index (χ3v) is 6.80. The Morgan fingerprint density at radius 1 is 0.943 bits per heavy atom. The SMILES string of the molecule is COc1ccc([C@@H]2CC(=O)C3C(=NC(C)=C(C(=O)OC(C)C)[C@H]3c3cccc(C)c3)C2)cc1OC. The third kappa shape index (κ3) is 4.88. The molecule has 35 heavy (non-hydrogen) atoms. The van der Waals surface area contributed by atoms with Crippen molar-refractivity contribution < 1.29 is 23.8 Å². The quantitative estimate of drug-likeness (QED) is 0.513. The Kier molecular flexibility index (Phi) is 7.10. The van der Waals surface area contributed by atoms with E-state index in [9.17, 15) is 9.59 Å². The minimum Gasteiger partial charge on any atom is -0.493 e. The van der Waals surface area contributed by atoms with Gasteiger partial charge in [-0.25, -0.2) is 4.79 Å². The number of hydrogen-bond donors (Lipinski definition) is 0. The zero-order valence-electron chi connectivity index (χ0n) is 21.3. The second-order valence-electron chi connectivity index (χ2n) is 9.61. The first-order valence-electron chi connectivity index (χ1n) is 12.0. The summed E-state index contributed by atoms with van der Waals surface area (Å²) < 4.78 is 16.4. The van der Waals surface area contributed by atoms with Crippen LogP contribution in [0, 0.1) is 12.8 Å². The fraction of sp³-hybridized carbons (Fsp3) is 0.414. The van der Waals surface area contributed by atoms with Crippen molar-refractivity contribution in [2.24, 2.45) is 10.9 Å². The normalized spacial score (nSPS) is 22.0. The van der Waals surface area contributed by atoms with Crippen molar-refractivity contribution in [3.63, 3.8) is 0 Å². The smallest absolute Gasteiger partial charge is 0.336 e. The van der Waals surface area contributed by atoms with E-state index in [1.54, 1.807) is 14.2 Å². The Balaban J connectivity index is 1.77. The zero-order chi connectivity index (χ0) is 25.3. The summed E-state index contributed by atoms with van der Waals surface area (Å²) in [6, 6.07) is 13.8. The number of hydrogen-bond acceptors (Lipinski definition) is 6. The topological polar surface area (TPSA) is 74.2 Å². The molecule has 3 atom stereocenters. The summed E-state index contributed by atoms with van der Waals surface area (Å²) >= 11 is 0. The average molecular weight is 476 g/mol. The number of allylic oxidation sites excluding steroid dienone is 1. The van der Waals surface area contributed by atoms with Crippen LogP contribution in [-0.2, 0) is 14.3 Å². The lowest BCUT2D eigenvalue weighted by molar-refractivity contribution is -0.143. The molecule has 2 aromatic rings. The number of esters is 1. The highest BCUT2D eigenvalue weighted by Gasteiger charge is 2.46. The Hall–Kier alpha value is -3.41. The van der Waals surface area contributed by atoms with Crippen LogP contribution in [0.15, 0.2) is 58.7 Å². The second-order valence-corrected chi connectivity index (χ2v) is 9.61. The average Bonchev–Trinajstić information content (AvgIpc) is 2.82. The van der Waals surface area contributed by atoms with E-state index in [0.29, 0.717) is 35.6 Å². The summed E-state index contributed by atoms with van der Waals surface area (Å²) in [7, 11) is 3.21. The molecule has 6 nitrogen and oxygen atoms in total. The van der Waals surface area contributed by atoms with Gasteiger partial charge in [-0.15, -0.1) is 0 Å². The molecule has 1 saturated carbocycles. The van der Waals surface area contributed by atoms with Crippen LogP contribution in [0.25, 0.3) is 0 Å². The first kappa shape index (κ1) is 24.7. The van der Waals surface area contributed by atoms with E-state index in [-0.39, 0.29) is 17.8 Å². The van der Waals surface area contributed by atoms with E-state index in [4.69, 9.17) is 19.2 Å². The zero-order valence-corrected chi connectivity index (χ0v) is 21.3. The van der Waals surface area contributed by atoms with Crippen LogP contribution in [0.3, 0.4) is 0 Å². The predicted octanol–water partition coefficient (Wildman–Crippen LogP) is 5.54. The third-order valence-electron chi connectivity index (χ3n) is 6.80. The molecule has 2 aromatic carbocycles. The van der Waals surface area contributed by atoms with Crippen LogP contribution in [-0.4, -0.2) is 37.8 Å². The van der Waals surface area contributed by atoms with Gasteiger partial charge in [0.2, 0.25) is 0 Å². The number of nitrogens with zero attached hydrogens (tertiary/aromatic N) is 1. The highest BCUT2D eigenvalue weighted by molar-refractivity contribution is 6.12. The number of methoxy groups -OCH3 is 2. The van der Waals surface area contributed by atoms with Gasteiger partial charge in [-0.05, 0) is 63.3 Å². The maximum atomic E-state index is 13.7. The van der Waals surface area contributed by atoms with Gasteiger partial charge in [-0.2, -0.15) is 0 Å². The van der Waals surface area contributed by atoms with E-state index in [2.05, 4.69) is 6.07 Å². The van der Waals surface area contributed by atoms with Gasteiger partial charge in [0.05, 0.1) is 31.8 Å². The molecule has 1 unspecified atom stereocenters. The molecule has 184 valence electrons. The second kappa shape index (κ2) is 10.1. The number of carbonyl (C=O) groups is 2. The maximum absolute atomic E-state index is 13.7. The van der Waals surface area contributed by atoms with E-state index in [0.717, 1.165) is 22.4 Å². The number of fused-ring (bicyclic) bond motifs is 1. The summed E-state index contributed by atoms with van der Waals surface area (Å²) in [5.41, 5.74) is 4.95. The Bertz CT molecular complexity index is 1210. The van der Waals surface area contributed by atoms with E-state index >= 15 is 0 Å². The minimum absolute atomic E-state index is 0.0209. The molecular weight excluding hydrogens is 442 g/mol. The highest BCUT2D eigenvalue weighted by atomic mass is 16.5. The fourth-order valence-corrected chi connectivity index (χ4v) is 5.29. The van der Waals surface area contributed by atoms with Crippen molar-refractivity contribution in [3.8, 4) is 11.5 Å². The van der Waals surface area contributed by atoms with Gasteiger partial charge in [0, 0.05) is 23.7 Å². The van der Waals surface area contributed by atoms with Gasteiger partial charge < -0.3 is 14.2 Å². The molecular formula is C29H33NO5. The van der Waals surface area contributed by atoms with Gasteiger partial charge in [-0.3, -0.25) is 9.79 Å². The van der Waals surface area contributed by atoms with Gasteiger partial charge in [0.25, 0.3) is 0 Å². The summed E-state index contributed by atoms with van der Waals surface area (Å²) in [6.07, 6.45) is 0.744. The van der Waals surface area contributed by atoms with Gasteiger partial charge in [0.1, 0.15) is 5.78 Å². The van der Waals surface area contributed by atoms with Crippen LogP contribution < -0.4 is 9.47 Å². The number of Topliss-reactive ketones (excluding diaryl/α,β-unsaturated/α-hetero) is 1. The molecule has 0 radical (unpaired) electrons. The van der Waals surface area contributed by atoms with E-state index in [1.807, 2.05) is 64.1 Å². The number of carbonyl (C=O) groups excluding carboxylic acids is 2. The van der Waals surface area contributed by atoms with Gasteiger partial charge in [-0.1, -0.05) is 35.9 Å². The lowest BCUT2D eigenvalue weighted by Crippen LogP contribution is -2.41. The van der Waals surface area contributed by atoms with Crippen molar-refractivity contribution in [2.75, 3.05) is 14.2 Å². The Morgan fingerprint density at radius 2 is 1.69 bits per heavy atom. The molecule has 1 aliphatic carbocycles. The lowest BCUT2D eigenvalue weighted by atomic mass is 9.66. The summed E-state index contributed by atoms with van der Waals surface area (Å²) in [4.78, 5) is 31.8. The molecule has 0 N–H and O–H groups in total. The first-order valence-corrected chi connectivity index (χ1v) is 12.0. The van der Waals surface area contributed by atoms with Crippen molar-refractivity contribution in [1.82, 2.24) is 0 Å². The predicted molar refractivity (Wildman–Crippen MR) is 135 cm³/mol. The molecule has 6 heteroatoms. The lowest BCUT2D eigenvalue weighted by Gasteiger charge is -2.38. The summed E-state index contributed by atoms with van der Waals surface area (Å²) in [6.45, 7) is 7.51. The molecule has 0 aromatic heterocycles. The molecule has 2 aliphatic rings. The maximum Gasteiger partial charge on any atom is 0.336 e. The first-order chi connectivity index (χ1) is 16.7. The van der Waals surface area contributed by atoms with Crippen molar-refractivity contribution in [2.45, 2.75) is 58.5 Å². The van der Waals surface area contributed by atoms with Gasteiger partial charge in [0.15, 0.2) is 11.5 Å². The van der Waals surface area contributed by atoms with Crippen LogP contribution in [0.4, 0.5) is 0 Å². The van der Waals surface area contributed by atoms with Crippen molar-refractivity contribution in [1.29, 1.82) is 0 Å². The minimum atomic E-state index is -0.480. The van der Waals surface area contributed by atoms with Crippen LogP contribution in [0.5, 0.6) is 11.5 Å². The molecule has 4 rings (SSSR count). The highest BCUT2D eigenvalue weighted by Crippen LogP contribution is 2.46. The fourth-order valence-electron chi connectivity index (χ4n) is 5.29. The Morgan fingerprint density at radius 3 is 2.34 bits per heavy atom. The number of aryl methyl sites for hydroxylation is 1. The number of rotatable bonds is 6. The van der Waals surface area contributed by atoms with Crippen LogP contribution in [0.1, 0.15) is 62.1 Å². The van der Waals surface area contributed by atoms with Crippen LogP contribution in [0.2, 0.25) is 0 Å². The van der Waals surface area contributed by atoms with Crippen molar-refractivity contribution in [3.05, 3.63) is 70.4 Å². The number of ketones is 1. The van der Waals surface area contributed by atoms with Gasteiger partial charge >= 0.3 is 5.97 Å². The summed E-state index contributed by atoms with van der Waals surface area (Å²) in [5, 5.41) is 0. The summed E-state index contributed by atoms with van der Waals surface area (Å²) in [5.74, 6) is 0.0623. The van der Waals surface area contributed by atoms with E-state index in [1.165, 1.54) is 0 Å². The van der Waals surface area contributed by atoms with Crippen molar-refractivity contribution >= 4 is 17.5 Å². The number of ether oxygens (including phenoxy) is 3. The standard InChI is InChI=1S/C29H33NO5/c1-16(2)35-29(32)26-18(4)30-22-13-21(19-10-11-24(33-5)25(15-19)34-6)14-23(31)28(22)27(26)20-9-7-8-17(3)12-20/h7-12,15-16,21,27-28H,13-14H2,1-6H3/t21-,27+,28?/m0/s1. The molecule has 0 amide bonds. The molecule has 1 fully saturated rings. The monoisotopic (exact) mass is 475 g/mol. The molecule has 0 saturated heterocycles. The number of aliphatic imine (C=N–C) groups is 1. The molecule has 0 bridgehead atoms. The van der Waals surface area contributed by atoms with Crippen LogP contribution >= 0.6 is 0 Å². The Labute approximate surface area is 207 Å². The molecule has 1 aliphatic heterocycles. The molecule has 1 heterocycles. The molecule has 0 spiro atoms. The largest absolute Gasteiger partial charge is 0.493 e.